The van der Waals surface area contributed by atoms with E-state index < -0.39 is 35.5 Å². The molecule has 268 valence electrons. The van der Waals surface area contributed by atoms with Crippen LogP contribution in [0.4, 0.5) is 65.0 Å². The van der Waals surface area contributed by atoms with Gasteiger partial charge in [-0.3, -0.25) is 10.6 Å². The highest BCUT2D eigenvalue weighted by Gasteiger charge is 2.31. The molecular weight excluding hydrogens is 694 g/mol. The van der Waals surface area contributed by atoms with Crippen LogP contribution < -0.4 is 26.6 Å². The third-order valence-electron chi connectivity index (χ3n) is 6.11. The monoisotopic (exact) mass is 726 g/mol. The SMILES string of the molecule is Cc1cc(Cl)nc(NC(=O)Nc2cccc(C(F)(F)F)c2)n1.Cc1cc(NCCCN(C)C)nc(NC(=O)Nc2cccc(C(F)(F)F)c2)n1. The fourth-order valence-corrected chi connectivity index (χ4v) is 4.23. The summed E-state index contributed by atoms with van der Waals surface area (Å²) < 4.78 is 76.0. The van der Waals surface area contributed by atoms with Crippen LogP contribution in [0.25, 0.3) is 0 Å². The molecule has 4 aromatic rings. The molecule has 0 spiro atoms. The van der Waals surface area contributed by atoms with Crippen molar-refractivity contribution in [2.75, 3.05) is 53.8 Å². The van der Waals surface area contributed by atoms with Crippen molar-refractivity contribution in [3.8, 4) is 0 Å². The van der Waals surface area contributed by atoms with Gasteiger partial charge in [-0.2, -0.15) is 31.3 Å². The molecule has 0 fully saturated rings. The van der Waals surface area contributed by atoms with E-state index in [1.165, 1.54) is 30.3 Å². The quantitative estimate of drug-likeness (QED) is 0.0664. The average Bonchev–Trinajstić information content (AvgIpc) is 2.98. The summed E-state index contributed by atoms with van der Waals surface area (Å²) in [5.41, 5.74) is -0.525. The summed E-state index contributed by atoms with van der Waals surface area (Å²) in [5.74, 6) is 0.565. The predicted octanol–water partition coefficient (Wildman–Crippen LogP) is 7.91. The third kappa shape index (κ3) is 13.7. The lowest BCUT2D eigenvalue weighted by Crippen LogP contribution is -2.22. The van der Waals surface area contributed by atoms with E-state index >= 15 is 0 Å². The number of carbonyl (C=O) groups excluding carboxylic acids is 2. The zero-order valence-electron chi connectivity index (χ0n) is 27.1. The Morgan fingerprint density at radius 3 is 1.64 bits per heavy atom. The number of anilines is 5. The van der Waals surface area contributed by atoms with Crippen LogP contribution in [0.1, 0.15) is 28.9 Å². The first-order valence-corrected chi connectivity index (χ1v) is 15.0. The molecule has 2 aromatic heterocycles. The minimum atomic E-state index is -4.49. The molecule has 0 unspecified atom stereocenters. The third-order valence-corrected chi connectivity index (χ3v) is 6.31. The summed E-state index contributed by atoms with van der Waals surface area (Å²) in [6.45, 7) is 5.03. The number of amides is 4. The van der Waals surface area contributed by atoms with Crippen LogP contribution in [-0.2, 0) is 12.4 Å². The number of benzene rings is 2. The van der Waals surface area contributed by atoms with E-state index in [0.717, 1.165) is 37.2 Å². The van der Waals surface area contributed by atoms with Crippen LogP contribution in [0, 0.1) is 13.8 Å². The average molecular weight is 727 g/mol. The number of hydrogen-bond donors (Lipinski definition) is 5. The fourth-order valence-electron chi connectivity index (χ4n) is 3.99. The number of rotatable bonds is 9. The molecule has 0 aliphatic heterocycles. The Morgan fingerprint density at radius 2 is 1.18 bits per heavy atom. The maximum atomic E-state index is 12.8. The lowest BCUT2D eigenvalue weighted by molar-refractivity contribution is -0.138. The van der Waals surface area contributed by atoms with Gasteiger partial charge in [-0.05, 0) is 83.4 Å². The molecule has 0 saturated carbocycles. The summed E-state index contributed by atoms with van der Waals surface area (Å²) in [6.07, 6.45) is -8.06. The predicted molar refractivity (Wildman–Crippen MR) is 178 cm³/mol. The molecular formula is C31H33ClF6N10O2. The molecule has 0 aliphatic carbocycles. The Kier molecular flexibility index (Phi) is 13.7. The van der Waals surface area contributed by atoms with Crippen LogP contribution >= 0.6 is 11.6 Å². The Balaban J connectivity index is 0.000000278. The Labute approximate surface area is 288 Å². The number of aromatic nitrogens is 4. The first-order chi connectivity index (χ1) is 23.4. The van der Waals surface area contributed by atoms with Crippen molar-refractivity contribution in [1.82, 2.24) is 24.8 Å². The first kappa shape index (κ1) is 39.2. The number of halogens is 7. The van der Waals surface area contributed by atoms with Gasteiger partial charge in [0, 0.05) is 35.4 Å². The Morgan fingerprint density at radius 1 is 0.700 bits per heavy atom. The molecule has 12 nitrogen and oxygen atoms in total. The minimum Gasteiger partial charge on any atom is -0.370 e. The minimum absolute atomic E-state index is 0.00826. The second-order valence-corrected chi connectivity index (χ2v) is 11.2. The van der Waals surface area contributed by atoms with Gasteiger partial charge in [-0.25, -0.2) is 24.5 Å². The van der Waals surface area contributed by atoms with E-state index in [9.17, 15) is 35.9 Å². The highest BCUT2D eigenvalue weighted by Crippen LogP contribution is 2.31. The number of nitrogens with zero attached hydrogens (tertiary/aromatic N) is 5. The Hall–Kier alpha value is -5.23. The molecule has 0 bridgehead atoms. The van der Waals surface area contributed by atoms with Gasteiger partial charge in [0.1, 0.15) is 11.0 Å². The molecule has 2 heterocycles. The second-order valence-electron chi connectivity index (χ2n) is 10.8. The van der Waals surface area contributed by atoms with Gasteiger partial charge >= 0.3 is 24.4 Å². The van der Waals surface area contributed by atoms with Crippen molar-refractivity contribution in [2.24, 2.45) is 0 Å². The number of carbonyl (C=O) groups is 2. The zero-order chi connectivity index (χ0) is 37.1. The van der Waals surface area contributed by atoms with E-state index in [4.69, 9.17) is 11.6 Å². The largest absolute Gasteiger partial charge is 0.416 e. The topological polar surface area (TPSA) is 149 Å². The molecule has 0 saturated heterocycles. The van der Waals surface area contributed by atoms with E-state index in [-0.39, 0.29) is 28.4 Å². The normalized spacial score (nSPS) is 11.3. The van der Waals surface area contributed by atoms with Crippen LogP contribution in [0.5, 0.6) is 0 Å². The summed E-state index contributed by atoms with van der Waals surface area (Å²) >= 11 is 5.72. The molecule has 0 atom stereocenters. The van der Waals surface area contributed by atoms with Gasteiger partial charge in [-0.15, -0.1) is 0 Å². The highest BCUT2D eigenvalue weighted by atomic mass is 35.5. The molecule has 4 rings (SSSR count). The number of urea groups is 2. The first-order valence-electron chi connectivity index (χ1n) is 14.6. The summed E-state index contributed by atoms with van der Waals surface area (Å²) in [5, 5.41) is 12.6. The van der Waals surface area contributed by atoms with Gasteiger partial charge in [0.2, 0.25) is 11.9 Å². The van der Waals surface area contributed by atoms with Crippen LogP contribution in [0.2, 0.25) is 5.15 Å². The van der Waals surface area contributed by atoms with Crippen molar-refractivity contribution in [3.05, 3.63) is 88.3 Å². The van der Waals surface area contributed by atoms with Gasteiger partial charge in [-0.1, -0.05) is 23.7 Å². The van der Waals surface area contributed by atoms with Crippen molar-refractivity contribution in [1.29, 1.82) is 0 Å². The van der Waals surface area contributed by atoms with Crippen molar-refractivity contribution in [3.63, 3.8) is 0 Å². The van der Waals surface area contributed by atoms with E-state index in [1.54, 1.807) is 19.9 Å². The lowest BCUT2D eigenvalue weighted by Gasteiger charge is -2.12. The maximum absolute atomic E-state index is 12.8. The van der Waals surface area contributed by atoms with Gasteiger partial charge < -0.3 is 20.9 Å². The van der Waals surface area contributed by atoms with Crippen molar-refractivity contribution < 1.29 is 35.9 Å². The summed E-state index contributed by atoms with van der Waals surface area (Å²) in [7, 11) is 3.97. The van der Waals surface area contributed by atoms with Crippen molar-refractivity contribution >= 4 is 52.8 Å². The molecule has 4 amide bonds. The molecule has 2 aromatic carbocycles. The maximum Gasteiger partial charge on any atom is 0.416 e. The van der Waals surface area contributed by atoms with E-state index in [0.29, 0.717) is 23.8 Å². The number of aryl methyl sites for hydroxylation is 2. The zero-order valence-corrected chi connectivity index (χ0v) is 27.8. The van der Waals surface area contributed by atoms with E-state index in [1.807, 2.05) is 14.1 Å². The molecule has 0 radical (unpaired) electrons. The summed E-state index contributed by atoms with van der Waals surface area (Å²) in [6, 6.07) is 10.4. The van der Waals surface area contributed by atoms with Crippen LogP contribution in [0.15, 0.2) is 60.7 Å². The molecule has 5 N–H and O–H groups in total. The van der Waals surface area contributed by atoms with E-state index in [2.05, 4.69) is 51.4 Å². The van der Waals surface area contributed by atoms with Crippen molar-refractivity contribution in [2.45, 2.75) is 32.6 Å². The smallest absolute Gasteiger partial charge is 0.370 e. The lowest BCUT2D eigenvalue weighted by atomic mass is 10.2. The van der Waals surface area contributed by atoms with Gasteiger partial charge in [0.05, 0.1) is 11.1 Å². The highest BCUT2D eigenvalue weighted by molar-refractivity contribution is 6.29. The van der Waals surface area contributed by atoms with Gasteiger partial charge in [0.25, 0.3) is 0 Å². The molecule has 50 heavy (non-hydrogen) atoms. The standard InChI is InChI=1S/C18H23F3N6O.C13H10ClF3N4O/c1-12-10-15(22-8-5-9-27(2)3)25-16(23-12)26-17(28)24-14-7-4-6-13(11-14)18(19,20)21;1-7-5-10(14)20-11(18-7)21-12(22)19-9-4-2-3-8(6-9)13(15,16)17/h4,6-7,10-11H,5,8-9H2,1-3H3,(H3,22,23,24,25,26,28);2-6H,1H3,(H2,18,19,20,21,22). The number of hydrogen-bond acceptors (Lipinski definition) is 8. The van der Waals surface area contributed by atoms with Crippen LogP contribution in [-0.4, -0.2) is 64.1 Å². The number of nitrogens with one attached hydrogen (secondary N) is 5. The number of alkyl halides is 6. The van der Waals surface area contributed by atoms with Crippen LogP contribution in [0.3, 0.4) is 0 Å². The molecule has 19 heteroatoms. The second kappa shape index (κ2) is 17.4. The molecule has 0 aliphatic rings. The fraction of sp³-hybridized carbons (Fsp3) is 0.290. The summed E-state index contributed by atoms with van der Waals surface area (Å²) in [4.78, 5) is 41.9. The van der Waals surface area contributed by atoms with Gasteiger partial charge in [0.15, 0.2) is 0 Å². The Bertz CT molecular complexity index is 1750.